The predicted molar refractivity (Wildman–Crippen MR) is 320 cm³/mol. The Kier molecular flexibility index (Phi) is 9.76. The molecule has 10 aromatic carbocycles. The van der Waals surface area contributed by atoms with Crippen LogP contribution < -0.4 is 0 Å². The fourth-order valence-electron chi connectivity index (χ4n) is 12.4. The van der Waals surface area contributed by atoms with Crippen LogP contribution in [0.15, 0.2) is 263 Å². The fourth-order valence-corrected chi connectivity index (χ4v) is 12.4. The van der Waals surface area contributed by atoms with E-state index in [1.165, 1.54) is 49.4 Å². The van der Waals surface area contributed by atoms with Gasteiger partial charge in [-0.05, 0) is 143 Å². The molecule has 0 amide bonds. The molecule has 0 radical (unpaired) electrons. The molecule has 0 fully saturated rings. The van der Waals surface area contributed by atoms with Crippen molar-refractivity contribution in [2.45, 2.75) is 19.3 Å². The van der Waals surface area contributed by atoms with Gasteiger partial charge in [0, 0.05) is 61.1 Å². The van der Waals surface area contributed by atoms with Crippen LogP contribution in [0, 0.1) is 0 Å². The van der Waals surface area contributed by atoms with E-state index < -0.39 is 0 Å². The molecule has 0 saturated heterocycles. The molecular formula is C72H47N3O2. The van der Waals surface area contributed by atoms with Gasteiger partial charge < -0.3 is 18.0 Å². The first-order chi connectivity index (χ1) is 38.1. The molecule has 2 aliphatic rings. The molecule has 0 saturated carbocycles. The van der Waals surface area contributed by atoms with E-state index in [2.05, 4.69) is 240 Å². The zero-order valence-electron chi connectivity index (χ0n) is 42.0. The van der Waals surface area contributed by atoms with Crippen molar-refractivity contribution in [1.82, 2.24) is 9.13 Å². The molecule has 77 heavy (non-hydrogen) atoms. The summed E-state index contributed by atoms with van der Waals surface area (Å²) < 4.78 is 17.9. The molecule has 0 unspecified atom stereocenters. The van der Waals surface area contributed by atoms with E-state index in [0.29, 0.717) is 6.42 Å². The monoisotopic (exact) mass is 985 g/mol. The number of benzene rings is 10. The van der Waals surface area contributed by atoms with Crippen molar-refractivity contribution in [3.63, 3.8) is 0 Å². The number of nitrogens with zero attached hydrogens (tertiary/aromatic N) is 3. The lowest BCUT2D eigenvalue weighted by atomic mass is 9.96. The van der Waals surface area contributed by atoms with Gasteiger partial charge >= 0.3 is 0 Å². The summed E-state index contributed by atoms with van der Waals surface area (Å²) in [6, 6.07) is 81.3. The SMILES string of the molecule is C1=CCCC(n2c3ccccc3c3cc(-c4ccc5c(c4)c4cc(-c6ccc7oc8ccccc8c7c6)ccc4n5-c4cccc(-c5ccc6oc7c(c6c5)C(c5ccccc5)=NC(c5ccccc5)=CC7)c4)ccc32)=C1. The summed E-state index contributed by atoms with van der Waals surface area (Å²) in [7, 11) is 0. The van der Waals surface area contributed by atoms with Crippen LogP contribution in [0.2, 0.25) is 0 Å². The van der Waals surface area contributed by atoms with Gasteiger partial charge in [0.25, 0.3) is 0 Å². The number of aliphatic imine (C=N–C) groups is 1. The molecule has 0 bridgehead atoms. The molecule has 362 valence electrons. The Morgan fingerprint density at radius 3 is 1.61 bits per heavy atom. The minimum atomic E-state index is 0.639. The van der Waals surface area contributed by atoms with Gasteiger partial charge in [-0.2, -0.15) is 0 Å². The average Bonchev–Trinajstić information content (AvgIpc) is 4.26. The molecule has 14 aromatic rings. The molecule has 1 aliphatic heterocycles. The molecule has 0 N–H and O–H groups in total. The van der Waals surface area contributed by atoms with Crippen LogP contribution in [-0.4, -0.2) is 14.8 Å². The number of para-hydroxylation sites is 2. The Balaban J connectivity index is 0.854. The normalized spacial score (nSPS) is 13.7. The smallest absolute Gasteiger partial charge is 0.135 e. The van der Waals surface area contributed by atoms with E-state index in [1.54, 1.807) is 0 Å². The number of hydrogen-bond acceptors (Lipinski definition) is 3. The van der Waals surface area contributed by atoms with Crippen LogP contribution in [0.3, 0.4) is 0 Å². The van der Waals surface area contributed by atoms with Gasteiger partial charge in [0.05, 0.1) is 39.0 Å². The molecule has 5 heterocycles. The highest BCUT2D eigenvalue weighted by Gasteiger charge is 2.25. The maximum absolute atomic E-state index is 6.72. The highest BCUT2D eigenvalue weighted by Crippen LogP contribution is 2.43. The summed E-state index contributed by atoms with van der Waals surface area (Å²) >= 11 is 0. The molecule has 16 rings (SSSR count). The average molecular weight is 986 g/mol. The topological polar surface area (TPSA) is 48.5 Å². The lowest BCUT2D eigenvalue weighted by Crippen LogP contribution is -2.04. The minimum Gasteiger partial charge on any atom is -0.460 e. The third kappa shape index (κ3) is 7.04. The second kappa shape index (κ2) is 17.3. The van der Waals surface area contributed by atoms with E-state index in [4.69, 9.17) is 13.8 Å². The van der Waals surface area contributed by atoms with Crippen LogP contribution in [0.5, 0.6) is 0 Å². The highest BCUT2D eigenvalue weighted by atomic mass is 16.3. The van der Waals surface area contributed by atoms with E-state index in [0.717, 1.165) is 119 Å². The molecular weight excluding hydrogens is 939 g/mol. The van der Waals surface area contributed by atoms with E-state index in [-0.39, 0.29) is 0 Å². The highest BCUT2D eigenvalue weighted by molar-refractivity contribution is 6.22. The van der Waals surface area contributed by atoms with Gasteiger partial charge in [-0.3, -0.25) is 0 Å². The quantitative estimate of drug-likeness (QED) is 0.160. The third-order valence-corrected chi connectivity index (χ3v) is 16.0. The van der Waals surface area contributed by atoms with Crippen molar-refractivity contribution in [2.24, 2.45) is 4.99 Å². The Morgan fingerprint density at radius 2 is 0.909 bits per heavy atom. The first-order valence-electron chi connectivity index (χ1n) is 26.6. The van der Waals surface area contributed by atoms with Crippen molar-refractivity contribution in [3.8, 4) is 39.1 Å². The second-order valence-electron chi connectivity index (χ2n) is 20.5. The number of hydrogen-bond donors (Lipinski definition) is 0. The lowest BCUT2D eigenvalue weighted by Gasteiger charge is -2.14. The molecule has 0 atom stereocenters. The number of fused-ring (bicyclic) bond motifs is 12. The summed E-state index contributed by atoms with van der Waals surface area (Å²) in [4.78, 5) is 5.41. The summed E-state index contributed by atoms with van der Waals surface area (Å²) in [6.45, 7) is 0. The van der Waals surface area contributed by atoms with Crippen molar-refractivity contribution in [2.75, 3.05) is 0 Å². The van der Waals surface area contributed by atoms with Gasteiger partial charge in [-0.15, -0.1) is 0 Å². The fraction of sp³-hybridized carbons (Fsp3) is 0.0417. The van der Waals surface area contributed by atoms with Crippen LogP contribution in [0.4, 0.5) is 0 Å². The Morgan fingerprint density at radius 1 is 0.377 bits per heavy atom. The summed E-state index contributed by atoms with van der Waals surface area (Å²) in [5.41, 5.74) is 21.8. The predicted octanol–water partition coefficient (Wildman–Crippen LogP) is 19.2. The van der Waals surface area contributed by atoms with Crippen molar-refractivity contribution in [1.29, 1.82) is 0 Å². The zero-order valence-corrected chi connectivity index (χ0v) is 42.0. The Bertz CT molecular complexity index is 4880. The molecule has 5 heteroatoms. The van der Waals surface area contributed by atoms with Crippen LogP contribution in [0.1, 0.15) is 35.3 Å². The second-order valence-corrected chi connectivity index (χ2v) is 20.5. The third-order valence-electron chi connectivity index (χ3n) is 16.0. The van der Waals surface area contributed by atoms with Crippen molar-refractivity contribution < 1.29 is 8.83 Å². The summed E-state index contributed by atoms with van der Waals surface area (Å²) in [5, 5.41) is 8.22. The number of allylic oxidation sites excluding steroid dienone is 5. The van der Waals surface area contributed by atoms with Crippen LogP contribution in [-0.2, 0) is 6.42 Å². The van der Waals surface area contributed by atoms with Gasteiger partial charge in [-0.1, -0.05) is 158 Å². The minimum absolute atomic E-state index is 0.639. The number of aromatic nitrogens is 2. The van der Waals surface area contributed by atoms with Gasteiger partial charge in [0.15, 0.2) is 0 Å². The van der Waals surface area contributed by atoms with Crippen molar-refractivity contribution in [3.05, 3.63) is 271 Å². The van der Waals surface area contributed by atoms with Gasteiger partial charge in [0.2, 0.25) is 0 Å². The first kappa shape index (κ1) is 43.4. The lowest BCUT2D eigenvalue weighted by molar-refractivity contribution is 0.565. The van der Waals surface area contributed by atoms with E-state index in [1.807, 2.05) is 18.2 Å². The molecule has 0 spiro atoms. The maximum Gasteiger partial charge on any atom is 0.135 e. The van der Waals surface area contributed by atoms with Crippen LogP contribution in [0.25, 0.3) is 127 Å². The Hall–Kier alpha value is -9.97. The van der Waals surface area contributed by atoms with E-state index >= 15 is 0 Å². The van der Waals surface area contributed by atoms with Crippen molar-refractivity contribution >= 4 is 93.6 Å². The van der Waals surface area contributed by atoms with E-state index in [9.17, 15) is 0 Å². The molecule has 5 nitrogen and oxygen atoms in total. The number of furan rings is 2. The van der Waals surface area contributed by atoms with Gasteiger partial charge in [0.1, 0.15) is 22.5 Å². The first-order valence-corrected chi connectivity index (χ1v) is 26.6. The van der Waals surface area contributed by atoms with Gasteiger partial charge in [-0.25, -0.2) is 4.99 Å². The standard InChI is InChI=1S/C72H47N3O2/c1-4-15-45(16-5-1)62-32-38-70-71(72(73-62)46-17-6-2-7-18-46)61-44-52(31-37-69(61)77-70)47-19-14-22-54(39-47)75-65-34-28-49(48-27-33-64-57(40-48)55-23-10-12-25-63(55)74(64)53-20-8-3-9-21-53)41-58(65)59-42-50(29-35-66(59)75)51-30-36-68-60(43-51)56-24-11-13-26-67(56)76-68/h1-8,10-20,22-37,39-44H,9,21,38H2. The zero-order chi connectivity index (χ0) is 50.6. The largest absolute Gasteiger partial charge is 0.460 e. The molecule has 1 aliphatic carbocycles. The molecule has 4 aromatic heterocycles. The maximum atomic E-state index is 6.72. The Labute approximate surface area is 443 Å². The number of rotatable bonds is 7. The summed E-state index contributed by atoms with van der Waals surface area (Å²) in [5.74, 6) is 0.919. The van der Waals surface area contributed by atoms with Crippen LogP contribution >= 0.6 is 0 Å². The summed E-state index contributed by atoms with van der Waals surface area (Å²) in [6.07, 6.45) is 11.6.